The number of rotatable bonds is 7. The van der Waals surface area contributed by atoms with Gasteiger partial charge in [-0.15, -0.1) is 0 Å². The lowest BCUT2D eigenvalue weighted by Gasteiger charge is -2.26. The van der Waals surface area contributed by atoms with E-state index in [-0.39, 0.29) is 12.2 Å². The van der Waals surface area contributed by atoms with E-state index < -0.39 is 29.2 Å². The second-order valence-corrected chi connectivity index (χ2v) is 8.51. The van der Waals surface area contributed by atoms with Gasteiger partial charge in [0.1, 0.15) is 17.2 Å². The van der Waals surface area contributed by atoms with Crippen LogP contribution in [0.4, 0.5) is 0 Å². The summed E-state index contributed by atoms with van der Waals surface area (Å²) in [5.41, 5.74) is 0.223. The first kappa shape index (κ1) is 22.8. The smallest absolute Gasteiger partial charge is 0.324 e. The zero-order valence-electron chi connectivity index (χ0n) is 17.3. The number of hydrogen-bond donors (Lipinski definition) is 1. The molecule has 0 heterocycles. The van der Waals surface area contributed by atoms with Gasteiger partial charge in [0.2, 0.25) is 0 Å². The van der Waals surface area contributed by atoms with Crippen LogP contribution in [0.25, 0.3) is 0 Å². The van der Waals surface area contributed by atoms with Crippen molar-refractivity contribution < 1.29 is 23.9 Å². The quantitative estimate of drug-likeness (QED) is 0.579. The molecule has 1 rings (SSSR count). The van der Waals surface area contributed by atoms with Crippen LogP contribution in [0.3, 0.4) is 0 Å². The molecule has 1 N–H and O–H groups in total. The lowest BCUT2D eigenvalue weighted by molar-refractivity contribution is -0.164. The number of carbonyl (C=O) groups is 3. The fraction of sp³-hybridized carbons (Fsp3) is 0.571. The van der Waals surface area contributed by atoms with Crippen LogP contribution in [0, 0.1) is 0 Å². The molecule has 0 aliphatic carbocycles. The van der Waals surface area contributed by atoms with Gasteiger partial charge < -0.3 is 9.47 Å². The van der Waals surface area contributed by atoms with Crippen LogP contribution >= 0.6 is 0 Å². The van der Waals surface area contributed by atoms with Crippen LogP contribution in [0.5, 0.6) is 0 Å². The van der Waals surface area contributed by atoms with E-state index in [4.69, 9.17) is 9.47 Å². The zero-order chi connectivity index (χ0) is 20.8. The third-order valence-electron chi connectivity index (χ3n) is 3.40. The standard InChI is InChI=1S/C21H31NO5/c1-14(23)16-10-8-15(9-11-16)13-22-17(19(25)27-21(5,6)7)12-18(24)26-20(2,3)4/h8-11,17,22H,12-13H2,1-7H3. The normalized spacial score (nSPS) is 13.0. The van der Waals surface area contributed by atoms with Crippen molar-refractivity contribution >= 4 is 17.7 Å². The van der Waals surface area contributed by atoms with Gasteiger partial charge in [-0.3, -0.25) is 19.7 Å². The van der Waals surface area contributed by atoms with Crippen molar-refractivity contribution in [3.63, 3.8) is 0 Å². The highest BCUT2D eigenvalue weighted by Gasteiger charge is 2.29. The molecule has 1 aromatic carbocycles. The first-order valence-electron chi connectivity index (χ1n) is 9.05. The maximum absolute atomic E-state index is 12.5. The Balaban J connectivity index is 2.82. The molecule has 6 nitrogen and oxygen atoms in total. The molecule has 1 atom stereocenters. The number of esters is 2. The molecule has 0 fully saturated rings. The monoisotopic (exact) mass is 377 g/mol. The van der Waals surface area contributed by atoms with Gasteiger partial charge >= 0.3 is 11.9 Å². The Hall–Kier alpha value is -2.21. The summed E-state index contributed by atoms with van der Waals surface area (Å²) in [6, 6.07) is 6.25. The van der Waals surface area contributed by atoms with E-state index in [0.29, 0.717) is 12.1 Å². The van der Waals surface area contributed by atoms with Gasteiger partial charge in [-0.2, -0.15) is 0 Å². The molecular formula is C21H31NO5. The molecule has 6 heteroatoms. The SMILES string of the molecule is CC(=O)c1ccc(CNC(CC(=O)OC(C)(C)C)C(=O)OC(C)(C)C)cc1. The van der Waals surface area contributed by atoms with Crippen molar-refractivity contribution in [3.05, 3.63) is 35.4 Å². The van der Waals surface area contributed by atoms with Crippen LogP contribution < -0.4 is 5.32 Å². The van der Waals surface area contributed by atoms with Gasteiger partial charge in [0.05, 0.1) is 6.42 Å². The third kappa shape index (κ3) is 9.33. The van der Waals surface area contributed by atoms with Gasteiger partial charge in [0, 0.05) is 12.1 Å². The van der Waals surface area contributed by atoms with Crippen LogP contribution in [-0.4, -0.2) is 35.0 Å². The molecule has 0 saturated heterocycles. The molecule has 0 aliphatic rings. The van der Waals surface area contributed by atoms with Crippen molar-refractivity contribution in [1.82, 2.24) is 5.32 Å². The Kier molecular flexibility index (Phi) is 7.72. The van der Waals surface area contributed by atoms with E-state index in [9.17, 15) is 14.4 Å². The highest BCUT2D eigenvalue weighted by molar-refractivity contribution is 5.94. The van der Waals surface area contributed by atoms with E-state index in [1.807, 2.05) is 12.1 Å². The molecular weight excluding hydrogens is 346 g/mol. The minimum Gasteiger partial charge on any atom is -0.460 e. The van der Waals surface area contributed by atoms with Crippen LogP contribution in [0.15, 0.2) is 24.3 Å². The summed E-state index contributed by atoms with van der Waals surface area (Å²) in [6.07, 6.45) is -0.127. The number of hydrogen-bond acceptors (Lipinski definition) is 6. The number of Topliss-reactive ketones (excluding diaryl/α,β-unsaturated/α-hetero) is 1. The van der Waals surface area contributed by atoms with Gasteiger partial charge in [0.25, 0.3) is 0 Å². The minimum atomic E-state index is -0.827. The van der Waals surface area contributed by atoms with Gasteiger partial charge in [-0.1, -0.05) is 24.3 Å². The first-order chi connectivity index (χ1) is 12.3. The minimum absolute atomic E-state index is 0.00827. The van der Waals surface area contributed by atoms with E-state index in [2.05, 4.69) is 5.32 Å². The maximum Gasteiger partial charge on any atom is 0.324 e. The second-order valence-electron chi connectivity index (χ2n) is 8.51. The summed E-state index contributed by atoms with van der Waals surface area (Å²) in [5, 5.41) is 3.06. The maximum atomic E-state index is 12.5. The number of benzene rings is 1. The Bertz CT molecular complexity index is 665. The van der Waals surface area contributed by atoms with Crippen LogP contribution in [-0.2, 0) is 25.6 Å². The van der Waals surface area contributed by atoms with Crippen molar-refractivity contribution in [2.75, 3.05) is 0 Å². The van der Waals surface area contributed by atoms with Crippen molar-refractivity contribution in [3.8, 4) is 0 Å². The molecule has 1 aromatic rings. The third-order valence-corrected chi connectivity index (χ3v) is 3.40. The fourth-order valence-corrected chi connectivity index (χ4v) is 2.26. The van der Waals surface area contributed by atoms with Gasteiger partial charge in [-0.25, -0.2) is 0 Å². The summed E-state index contributed by atoms with van der Waals surface area (Å²) in [6.45, 7) is 12.5. The topological polar surface area (TPSA) is 81.7 Å². The Morgan fingerprint density at radius 3 is 1.89 bits per heavy atom. The number of nitrogens with one attached hydrogen (secondary N) is 1. The Morgan fingerprint density at radius 2 is 1.44 bits per heavy atom. The molecule has 1 unspecified atom stereocenters. The van der Waals surface area contributed by atoms with Crippen molar-refractivity contribution in [2.24, 2.45) is 0 Å². The molecule has 0 bridgehead atoms. The molecule has 0 spiro atoms. The van der Waals surface area contributed by atoms with Crippen LogP contribution in [0.1, 0.15) is 70.8 Å². The largest absolute Gasteiger partial charge is 0.460 e. The van der Waals surface area contributed by atoms with E-state index in [0.717, 1.165) is 5.56 Å². The van der Waals surface area contributed by atoms with Crippen LogP contribution in [0.2, 0.25) is 0 Å². The average Bonchev–Trinajstić information content (AvgIpc) is 2.48. The number of ether oxygens (including phenoxy) is 2. The molecule has 0 amide bonds. The fourth-order valence-electron chi connectivity index (χ4n) is 2.26. The Labute approximate surface area is 161 Å². The molecule has 0 radical (unpaired) electrons. The summed E-state index contributed by atoms with van der Waals surface area (Å²) in [5.74, 6) is -0.988. The van der Waals surface area contributed by atoms with Gasteiger partial charge in [-0.05, 0) is 54.0 Å². The second kappa shape index (κ2) is 9.13. The summed E-state index contributed by atoms with van der Waals surface area (Å²) >= 11 is 0. The zero-order valence-corrected chi connectivity index (χ0v) is 17.3. The number of carbonyl (C=O) groups excluding carboxylic acids is 3. The predicted octanol–water partition coefficient (Wildman–Crippen LogP) is 3.42. The first-order valence-corrected chi connectivity index (χ1v) is 9.05. The lowest BCUT2D eigenvalue weighted by Crippen LogP contribution is -2.43. The van der Waals surface area contributed by atoms with E-state index >= 15 is 0 Å². The number of ketones is 1. The lowest BCUT2D eigenvalue weighted by atomic mass is 10.1. The highest BCUT2D eigenvalue weighted by atomic mass is 16.6. The average molecular weight is 377 g/mol. The molecule has 0 aliphatic heterocycles. The Morgan fingerprint density at radius 1 is 0.926 bits per heavy atom. The van der Waals surface area contributed by atoms with Gasteiger partial charge in [0.15, 0.2) is 5.78 Å². The molecule has 150 valence electrons. The summed E-state index contributed by atoms with van der Waals surface area (Å²) < 4.78 is 10.7. The van der Waals surface area contributed by atoms with E-state index in [1.165, 1.54) is 6.92 Å². The van der Waals surface area contributed by atoms with E-state index in [1.54, 1.807) is 53.7 Å². The summed E-state index contributed by atoms with van der Waals surface area (Å²) in [7, 11) is 0. The van der Waals surface area contributed by atoms with Crippen molar-refractivity contribution in [2.45, 2.75) is 78.7 Å². The molecule has 27 heavy (non-hydrogen) atoms. The summed E-state index contributed by atoms with van der Waals surface area (Å²) in [4.78, 5) is 36.0. The highest BCUT2D eigenvalue weighted by Crippen LogP contribution is 2.14. The van der Waals surface area contributed by atoms with Crippen molar-refractivity contribution in [1.29, 1.82) is 0 Å². The molecule has 0 aromatic heterocycles. The predicted molar refractivity (Wildman–Crippen MR) is 103 cm³/mol. The molecule has 0 saturated carbocycles.